The number of amides is 1. The molecule has 4 rings (SSSR count). The fourth-order valence-corrected chi connectivity index (χ4v) is 4.75. The summed E-state index contributed by atoms with van der Waals surface area (Å²) in [7, 11) is 0. The average molecular weight is 461 g/mol. The Hall–Kier alpha value is -1.89. The molecule has 0 radical (unpaired) electrons. The van der Waals surface area contributed by atoms with Crippen molar-refractivity contribution in [1.29, 1.82) is 0 Å². The first kappa shape index (κ1) is 20.4. The van der Waals surface area contributed by atoms with E-state index < -0.39 is 0 Å². The molecule has 3 heterocycles. The van der Waals surface area contributed by atoms with Crippen molar-refractivity contribution < 1.29 is 9.53 Å². The third-order valence-electron chi connectivity index (χ3n) is 5.91. The molecule has 6 nitrogen and oxygen atoms in total. The highest BCUT2D eigenvalue weighted by atomic mass is 79.9. The number of carbonyl (C=O) groups is 1. The number of fused-ring (bicyclic) bond motifs is 1. The standard InChI is InChI=1S/C22H29BrN4O2/c23-18-9-3-4-10-19(18)29-15-7-12-21(28)26-13-6-8-17(16-26)22-25-24-20-11-2-1-5-14-27(20)22/h3-4,9-10,17H,1-2,5-8,11-16H2. The van der Waals surface area contributed by atoms with E-state index in [2.05, 4.69) is 30.7 Å². The minimum atomic E-state index is 0.223. The van der Waals surface area contributed by atoms with E-state index in [0.717, 1.165) is 67.2 Å². The van der Waals surface area contributed by atoms with Crippen LogP contribution in [0.15, 0.2) is 28.7 Å². The Morgan fingerprint density at radius 3 is 2.93 bits per heavy atom. The molecule has 1 saturated heterocycles. The molecule has 2 aromatic rings. The van der Waals surface area contributed by atoms with Gasteiger partial charge in [-0.25, -0.2) is 0 Å². The molecule has 0 bridgehead atoms. The van der Waals surface area contributed by atoms with Crippen LogP contribution in [0.4, 0.5) is 0 Å². The second-order valence-electron chi connectivity index (χ2n) is 8.00. The van der Waals surface area contributed by atoms with Crippen molar-refractivity contribution in [1.82, 2.24) is 19.7 Å². The number of benzene rings is 1. The first-order chi connectivity index (χ1) is 14.2. The van der Waals surface area contributed by atoms with Gasteiger partial charge >= 0.3 is 0 Å². The third kappa shape index (κ3) is 5.00. The maximum atomic E-state index is 12.8. The van der Waals surface area contributed by atoms with Crippen molar-refractivity contribution in [2.45, 2.75) is 63.8 Å². The quantitative estimate of drug-likeness (QED) is 0.601. The van der Waals surface area contributed by atoms with E-state index in [0.29, 0.717) is 18.9 Å². The Morgan fingerprint density at radius 2 is 2.03 bits per heavy atom. The molecular weight excluding hydrogens is 432 g/mol. The number of halogens is 1. The molecule has 156 valence electrons. The summed E-state index contributed by atoms with van der Waals surface area (Å²) in [5.74, 6) is 3.58. The molecule has 1 atom stereocenters. The van der Waals surface area contributed by atoms with Gasteiger partial charge in [-0.2, -0.15) is 0 Å². The summed E-state index contributed by atoms with van der Waals surface area (Å²) < 4.78 is 9.06. The maximum absolute atomic E-state index is 12.8. The van der Waals surface area contributed by atoms with E-state index in [9.17, 15) is 4.79 Å². The first-order valence-corrected chi connectivity index (χ1v) is 11.6. The summed E-state index contributed by atoms with van der Waals surface area (Å²) in [6.07, 6.45) is 8.06. The van der Waals surface area contributed by atoms with Crippen molar-refractivity contribution in [2.75, 3.05) is 19.7 Å². The number of piperidine rings is 1. The molecule has 1 aromatic carbocycles. The highest BCUT2D eigenvalue weighted by Gasteiger charge is 2.29. The van der Waals surface area contributed by atoms with Crippen LogP contribution in [0, 0.1) is 0 Å². The molecule has 2 aliphatic heterocycles. The van der Waals surface area contributed by atoms with Crippen LogP contribution in [0.5, 0.6) is 5.75 Å². The van der Waals surface area contributed by atoms with Gasteiger partial charge in [0.2, 0.25) is 5.91 Å². The number of carbonyl (C=O) groups excluding carboxylic acids is 1. The topological polar surface area (TPSA) is 60.2 Å². The smallest absolute Gasteiger partial charge is 0.222 e. The summed E-state index contributed by atoms with van der Waals surface area (Å²) in [6.45, 7) is 3.18. The van der Waals surface area contributed by atoms with Crippen LogP contribution in [-0.4, -0.2) is 45.3 Å². The van der Waals surface area contributed by atoms with Crippen LogP contribution in [0.2, 0.25) is 0 Å². The van der Waals surface area contributed by atoms with Crippen molar-refractivity contribution in [3.05, 3.63) is 40.4 Å². The van der Waals surface area contributed by atoms with Gasteiger partial charge in [0.15, 0.2) is 0 Å². The number of hydrogen-bond acceptors (Lipinski definition) is 4. The van der Waals surface area contributed by atoms with Crippen molar-refractivity contribution in [3.8, 4) is 5.75 Å². The molecule has 1 aromatic heterocycles. The summed E-state index contributed by atoms with van der Waals surface area (Å²) in [4.78, 5) is 14.8. The second-order valence-corrected chi connectivity index (χ2v) is 8.85. The summed E-state index contributed by atoms with van der Waals surface area (Å²) >= 11 is 3.48. The number of aryl methyl sites for hydroxylation is 1. The maximum Gasteiger partial charge on any atom is 0.222 e. The van der Waals surface area contributed by atoms with E-state index >= 15 is 0 Å². The Balaban J connectivity index is 1.29. The largest absolute Gasteiger partial charge is 0.492 e. The van der Waals surface area contributed by atoms with Crippen LogP contribution >= 0.6 is 15.9 Å². The van der Waals surface area contributed by atoms with Gasteiger partial charge in [0, 0.05) is 38.4 Å². The first-order valence-electron chi connectivity index (χ1n) is 10.8. The van der Waals surface area contributed by atoms with Crippen LogP contribution in [0.25, 0.3) is 0 Å². The Bertz CT molecular complexity index is 838. The third-order valence-corrected chi connectivity index (χ3v) is 6.56. The second kappa shape index (κ2) is 9.74. The highest BCUT2D eigenvalue weighted by Crippen LogP contribution is 2.28. The monoisotopic (exact) mass is 460 g/mol. The minimum Gasteiger partial charge on any atom is -0.492 e. The van der Waals surface area contributed by atoms with E-state index in [4.69, 9.17) is 4.74 Å². The van der Waals surface area contributed by atoms with Gasteiger partial charge < -0.3 is 14.2 Å². The predicted molar refractivity (Wildman–Crippen MR) is 115 cm³/mol. The molecule has 7 heteroatoms. The molecule has 2 aliphatic rings. The number of hydrogen-bond donors (Lipinski definition) is 0. The van der Waals surface area contributed by atoms with E-state index in [1.807, 2.05) is 29.2 Å². The van der Waals surface area contributed by atoms with Crippen LogP contribution < -0.4 is 4.74 Å². The molecular formula is C22H29BrN4O2. The van der Waals surface area contributed by atoms with Crippen molar-refractivity contribution >= 4 is 21.8 Å². The fraction of sp³-hybridized carbons (Fsp3) is 0.591. The normalized spacial score (nSPS) is 19.5. The predicted octanol–water partition coefficient (Wildman–Crippen LogP) is 4.33. The van der Waals surface area contributed by atoms with E-state index in [1.165, 1.54) is 19.3 Å². The number of ether oxygens (including phenoxy) is 1. The number of para-hydroxylation sites is 1. The van der Waals surface area contributed by atoms with Gasteiger partial charge in [-0.15, -0.1) is 10.2 Å². The van der Waals surface area contributed by atoms with Crippen LogP contribution in [0.3, 0.4) is 0 Å². The Labute approximate surface area is 180 Å². The van der Waals surface area contributed by atoms with Crippen molar-refractivity contribution in [3.63, 3.8) is 0 Å². The summed E-state index contributed by atoms with van der Waals surface area (Å²) in [6, 6.07) is 7.80. The number of rotatable bonds is 6. The Morgan fingerprint density at radius 1 is 1.14 bits per heavy atom. The Kier molecular flexibility index (Phi) is 6.85. The summed E-state index contributed by atoms with van der Waals surface area (Å²) in [5, 5.41) is 8.97. The van der Waals surface area contributed by atoms with Gasteiger partial charge in [-0.3, -0.25) is 4.79 Å². The minimum absolute atomic E-state index is 0.223. The number of aromatic nitrogens is 3. The van der Waals surface area contributed by atoms with Crippen molar-refractivity contribution in [2.24, 2.45) is 0 Å². The highest BCUT2D eigenvalue weighted by molar-refractivity contribution is 9.10. The molecule has 0 spiro atoms. The zero-order valence-electron chi connectivity index (χ0n) is 16.9. The zero-order valence-corrected chi connectivity index (χ0v) is 18.4. The molecule has 1 unspecified atom stereocenters. The molecule has 0 aliphatic carbocycles. The van der Waals surface area contributed by atoms with Crippen LogP contribution in [0.1, 0.15) is 62.5 Å². The molecule has 0 N–H and O–H groups in total. The molecule has 1 fully saturated rings. The lowest BCUT2D eigenvalue weighted by Crippen LogP contribution is -2.39. The van der Waals surface area contributed by atoms with Gasteiger partial charge in [0.05, 0.1) is 11.1 Å². The fourth-order valence-electron chi connectivity index (χ4n) is 4.35. The average Bonchev–Trinajstić information content (AvgIpc) is 3.00. The molecule has 0 saturated carbocycles. The summed E-state index contributed by atoms with van der Waals surface area (Å²) in [5.41, 5.74) is 0. The van der Waals surface area contributed by atoms with E-state index in [-0.39, 0.29) is 5.91 Å². The lowest BCUT2D eigenvalue weighted by Gasteiger charge is -2.32. The number of nitrogens with zero attached hydrogens (tertiary/aromatic N) is 4. The van der Waals surface area contributed by atoms with Gasteiger partial charge in [0.25, 0.3) is 0 Å². The van der Waals surface area contributed by atoms with Gasteiger partial charge in [-0.1, -0.05) is 18.6 Å². The van der Waals surface area contributed by atoms with Gasteiger partial charge in [-0.05, 0) is 60.2 Å². The lowest BCUT2D eigenvalue weighted by molar-refractivity contribution is -0.132. The zero-order chi connectivity index (χ0) is 20.1. The van der Waals surface area contributed by atoms with E-state index in [1.54, 1.807) is 0 Å². The van der Waals surface area contributed by atoms with Gasteiger partial charge in [0.1, 0.15) is 17.4 Å². The number of likely N-dealkylation sites (tertiary alicyclic amines) is 1. The SMILES string of the molecule is O=C(CCCOc1ccccc1Br)N1CCCC(c2nnc3n2CCCCC3)C1. The lowest BCUT2D eigenvalue weighted by atomic mass is 9.96. The van der Waals surface area contributed by atoms with Crippen LogP contribution in [-0.2, 0) is 17.8 Å². The molecule has 29 heavy (non-hydrogen) atoms. The molecule has 1 amide bonds.